The third-order valence-corrected chi connectivity index (χ3v) is 6.15. The van der Waals surface area contributed by atoms with Crippen molar-refractivity contribution in [1.29, 1.82) is 0 Å². The number of nitrogens with zero attached hydrogens (tertiary/aromatic N) is 5. The SMILES string of the molecule is Cc1cc2ccccn2c1C(=O)c1ccc(N=Nc2c(O)n(C(C)C)c3ccccc23)c([N+](=O)[O-])c1. The number of carbonyl (C=O) groups is 1. The van der Waals surface area contributed by atoms with Gasteiger partial charge in [-0.1, -0.05) is 24.3 Å². The van der Waals surface area contributed by atoms with Gasteiger partial charge in [-0.3, -0.25) is 14.9 Å². The van der Waals surface area contributed by atoms with Crippen LogP contribution < -0.4 is 0 Å². The van der Waals surface area contributed by atoms with Gasteiger partial charge in [0.15, 0.2) is 11.4 Å². The molecule has 9 heteroatoms. The first kappa shape index (κ1) is 23.0. The Hall–Kier alpha value is -4.79. The molecule has 9 nitrogen and oxygen atoms in total. The van der Waals surface area contributed by atoms with Gasteiger partial charge >= 0.3 is 0 Å². The van der Waals surface area contributed by atoms with E-state index in [-0.39, 0.29) is 40.3 Å². The van der Waals surface area contributed by atoms with Gasteiger partial charge in [-0.2, -0.15) is 0 Å². The molecule has 36 heavy (non-hydrogen) atoms. The molecule has 0 fully saturated rings. The molecule has 0 aliphatic rings. The van der Waals surface area contributed by atoms with E-state index in [0.717, 1.165) is 16.6 Å². The second kappa shape index (κ2) is 8.77. The summed E-state index contributed by atoms with van der Waals surface area (Å²) in [6.07, 6.45) is 1.78. The van der Waals surface area contributed by atoms with Crippen molar-refractivity contribution in [1.82, 2.24) is 8.97 Å². The molecule has 0 radical (unpaired) electrons. The second-order valence-corrected chi connectivity index (χ2v) is 8.81. The zero-order valence-corrected chi connectivity index (χ0v) is 19.9. The van der Waals surface area contributed by atoms with Crippen molar-refractivity contribution in [2.75, 3.05) is 0 Å². The smallest absolute Gasteiger partial charge is 0.297 e. The normalized spacial score (nSPS) is 11.8. The lowest BCUT2D eigenvalue weighted by Crippen LogP contribution is -2.07. The van der Waals surface area contributed by atoms with Gasteiger partial charge in [-0.05, 0) is 62.7 Å². The van der Waals surface area contributed by atoms with Crippen molar-refractivity contribution >= 4 is 39.3 Å². The largest absolute Gasteiger partial charge is 0.493 e. The Morgan fingerprint density at radius 1 is 1.03 bits per heavy atom. The lowest BCUT2D eigenvalue weighted by atomic mass is 10.0. The van der Waals surface area contributed by atoms with Crippen LogP contribution in [0.2, 0.25) is 0 Å². The number of aryl methyl sites for hydroxylation is 1. The summed E-state index contributed by atoms with van der Waals surface area (Å²) in [7, 11) is 0. The Morgan fingerprint density at radius 2 is 1.78 bits per heavy atom. The van der Waals surface area contributed by atoms with E-state index in [4.69, 9.17) is 0 Å². The fraction of sp³-hybridized carbons (Fsp3) is 0.148. The van der Waals surface area contributed by atoms with Crippen molar-refractivity contribution in [3.05, 3.63) is 99.9 Å². The van der Waals surface area contributed by atoms with Crippen LogP contribution in [0, 0.1) is 17.0 Å². The zero-order valence-electron chi connectivity index (χ0n) is 19.9. The summed E-state index contributed by atoms with van der Waals surface area (Å²) in [5.74, 6) is -0.400. The summed E-state index contributed by atoms with van der Waals surface area (Å²) in [4.78, 5) is 24.6. The summed E-state index contributed by atoms with van der Waals surface area (Å²) in [5.41, 5.74) is 2.89. The predicted octanol–water partition coefficient (Wildman–Crippen LogP) is 7.04. The number of hydrogen-bond donors (Lipinski definition) is 1. The van der Waals surface area contributed by atoms with Crippen LogP contribution in [-0.2, 0) is 0 Å². The number of fused-ring (bicyclic) bond motifs is 2. The monoisotopic (exact) mass is 481 g/mol. The minimum atomic E-state index is -0.592. The standard InChI is InChI=1S/C27H23N5O4/c1-16(2)31-22-10-5-4-9-20(22)24(27(31)34)29-28-21-12-11-18(15-23(21)32(35)36)26(33)25-17(3)14-19-8-6-7-13-30(19)25/h4-16,34H,1-3H3. The molecule has 5 rings (SSSR count). The van der Waals surface area contributed by atoms with E-state index in [1.54, 1.807) is 15.2 Å². The molecule has 1 N–H and O–H groups in total. The molecule has 0 saturated carbocycles. The van der Waals surface area contributed by atoms with E-state index < -0.39 is 4.92 Å². The molecule has 180 valence electrons. The number of benzene rings is 2. The van der Waals surface area contributed by atoms with Gasteiger partial charge in [0.25, 0.3) is 5.69 Å². The highest BCUT2D eigenvalue weighted by Gasteiger charge is 2.23. The Balaban J connectivity index is 1.57. The van der Waals surface area contributed by atoms with Crippen LogP contribution in [0.5, 0.6) is 5.88 Å². The van der Waals surface area contributed by atoms with Crippen LogP contribution in [-0.4, -0.2) is 24.8 Å². The van der Waals surface area contributed by atoms with E-state index >= 15 is 0 Å². The molecule has 0 saturated heterocycles. The fourth-order valence-corrected chi connectivity index (χ4v) is 4.54. The number of rotatable bonds is 6. The van der Waals surface area contributed by atoms with E-state index in [1.165, 1.54) is 18.2 Å². The molecule has 0 unspecified atom stereocenters. The number of aromatic nitrogens is 2. The van der Waals surface area contributed by atoms with Crippen LogP contribution in [0.3, 0.4) is 0 Å². The van der Waals surface area contributed by atoms with Crippen molar-refractivity contribution in [3.63, 3.8) is 0 Å². The van der Waals surface area contributed by atoms with E-state index in [1.807, 2.05) is 69.3 Å². The van der Waals surface area contributed by atoms with Crippen LogP contribution >= 0.6 is 0 Å². The van der Waals surface area contributed by atoms with Crippen LogP contribution in [0.15, 0.2) is 83.2 Å². The van der Waals surface area contributed by atoms with Gasteiger partial charge in [0, 0.05) is 34.8 Å². The number of aromatic hydroxyl groups is 1. The van der Waals surface area contributed by atoms with Gasteiger partial charge in [0.2, 0.25) is 11.7 Å². The lowest BCUT2D eigenvalue weighted by molar-refractivity contribution is -0.384. The number of pyridine rings is 1. The van der Waals surface area contributed by atoms with Crippen molar-refractivity contribution in [3.8, 4) is 5.88 Å². The number of hydrogen-bond acceptors (Lipinski definition) is 6. The molecule has 0 amide bonds. The number of nitro benzene ring substituents is 1. The fourth-order valence-electron chi connectivity index (χ4n) is 4.54. The van der Waals surface area contributed by atoms with Gasteiger partial charge in [-0.15, -0.1) is 10.2 Å². The quantitative estimate of drug-likeness (QED) is 0.121. The Bertz CT molecular complexity index is 1690. The van der Waals surface area contributed by atoms with Crippen molar-refractivity contribution < 1.29 is 14.8 Å². The van der Waals surface area contributed by atoms with Crippen LogP contribution in [0.1, 0.15) is 41.5 Å². The first-order valence-electron chi connectivity index (χ1n) is 11.4. The van der Waals surface area contributed by atoms with Gasteiger partial charge < -0.3 is 14.1 Å². The number of para-hydroxylation sites is 1. The number of ketones is 1. The first-order chi connectivity index (χ1) is 17.3. The van der Waals surface area contributed by atoms with E-state index in [9.17, 15) is 20.0 Å². The maximum atomic E-state index is 13.3. The van der Waals surface area contributed by atoms with Gasteiger partial charge in [0.1, 0.15) is 0 Å². The topological polar surface area (TPSA) is 115 Å². The third-order valence-electron chi connectivity index (χ3n) is 6.15. The number of azo groups is 1. The van der Waals surface area contributed by atoms with Crippen LogP contribution in [0.25, 0.3) is 16.4 Å². The Kier molecular flexibility index (Phi) is 5.60. The molecule has 0 aliphatic heterocycles. The Morgan fingerprint density at radius 3 is 2.53 bits per heavy atom. The molecular weight excluding hydrogens is 458 g/mol. The van der Waals surface area contributed by atoms with E-state index in [0.29, 0.717) is 11.1 Å². The lowest BCUT2D eigenvalue weighted by Gasteiger charge is -2.10. The highest BCUT2D eigenvalue weighted by Crippen LogP contribution is 2.42. The van der Waals surface area contributed by atoms with Crippen molar-refractivity contribution in [2.45, 2.75) is 26.8 Å². The highest BCUT2D eigenvalue weighted by molar-refractivity contribution is 6.10. The van der Waals surface area contributed by atoms with Gasteiger partial charge in [-0.25, -0.2) is 0 Å². The maximum Gasteiger partial charge on any atom is 0.297 e. The first-order valence-corrected chi connectivity index (χ1v) is 11.4. The van der Waals surface area contributed by atoms with E-state index in [2.05, 4.69) is 10.2 Å². The molecule has 0 aliphatic carbocycles. The van der Waals surface area contributed by atoms with Gasteiger partial charge in [0.05, 0.1) is 16.1 Å². The molecule has 0 spiro atoms. The molecule has 0 bridgehead atoms. The predicted molar refractivity (Wildman–Crippen MR) is 137 cm³/mol. The Labute approximate surface area is 206 Å². The molecule has 5 aromatic rings. The molecule has 3 aromatic heterocycles. The van der Waals surface area contributed by atoms with Crippen molar-refractivity contribution in [2.24, 2.45) is 10.2 Å². The number of carbonyl (C=O) groups excluding carboxylic acids is 1. The summed E-state index contributed by atoms with van der Waals surface area (Å²) in [6.45, 7) is 5.70. The molecule has 0 atom stereocenters. The van der Waals surface area contributed by atoms with Crippen LogP contribution in [0.4, 0.5) is 17.1 Å². The minimum Gasteiger partial charge on any atom is -0.493 e. The number of nitro groups is 1. The summed E-state index contributed by atoms with van der Waals surface area (Å²) < 4.78 is 3.49. The summed E-state index contributed by atoms with van der Waals surface area (Å²) in [6, 6.07) is 18.9. The molecular formula is C27H23N5O4. The zero-order chi connectivity index (χ0) is 25.6. The second-order valence-electron chi connectivity index (χ2n) is 8.81. The molecule has 2 aromatic carbocycles. The molecule has 3 heterocycles. The minimum absolute atomic E-state index is 0.0194. The summed E-state index contributed by atoms with van der Waals surface area (Å²) >= 11 is 0. The average molecular weight is 482 g/mol. The third kappa shape index (κ3) is 3.70. The average Bonchev–Trinajstić information content (AvgIpc) is 3.34. The summed E-state index contributed by atoms with van der Waals surface area (Å²) in [5, 5.41) is 31.7. The highest BCUT2D eigenvalue weighted by atomic mass is 16.6. The maximum absolute atomic E-state index is 13.3.